The van der Waals surface area contributed by atoms with Crippen LogP contribution < -0.4 is 15.8 Å². The molecule has 2 atom stereocenters. The van der Waals surface area contributed by atoms with Crippen LogP contribution in [0.15, 0.2) is 0 Å². The van der Waals surface area contributed by atoms with Crippen LogP contribution >= 0.6 is 0 Å². The van der Waals surface area contributed by atoms with Crippen molar-refractivity contribution in [3.05, 3.63) is 0 Å². The molecule has 1 aliphatic carbocycles. The Morgan fingerprint density at radius 1 is 1.40 bits per heavy atom. The molecule has 4 N–H and O–H groups in total. The number of rotatable bonds is 9. The van der Waals surface area contributed by atoms with Gasteiger partial charge in [-0.1, -0.05) is 26.7 Å². The summed E-state index contributed by atoms with van der Waals surface area (Å²) in [5.74, 6) is 0.189. The molecule has 0 aromatic rings. The highest BCUT2D eigenvalue weighted by Crippen LogP contribution is 2.25. The molecule has 0 aromatic carbocycles. The Bertz CT molecular complexity index is 407. The summed E-state index contributed by atoms with van der Waals surface area (Å²) < 4.78 is 26.0. The number of carbonyl (C=O) groups excluding carboxylic acids is 1. The van der Waals surface area contributed by atoms with E-state index in [0.29, 0.717) is 12.5 Å². The zero-order valence-corrected chi connectivity index (χ0v) is 13.2. The molecule has 1 amide bonds. The summed E-state index contributed by atoms with van der Waals surface area (Å²) in [6.45, 7) is 4.49. The van der Waals surface area contributed by atoms with Crippen molar-refractivity contribution >= 4 is 15.9 Å². The van der Waals surface area contributed by atoms with Crippen LogP contribution in [-0.4, -0.2) is 39.2 Å². The summed E-state index contributed by atoms with van der Waals surface area (Å²) in [5.41, 5.74) is 5.77. The van der Waals surface area contributed by atoms with E-state index in [0.717, 1.165) is 19.3 Å². The molecular formula is C13H27N3O3S. The largest absolute Gasteiger partial charge is 0.354 e. The third-order valence-electron chi connectivity index (χ3n) is 4.05. The van der Waals surface area contributed by atoms with Gasteiger partial charge in [0, 0.05) is 13.1 Å². The second kappa shape index (κ2) is 7.95. The molecule has 0 aliphatic heterocycles. The summed E-state index contributed by atoms with van der Waals surface area (Å²) in [7, 11) is -3.31. The van der Waals surface area contributed by atoms with Gasteiger partial charge in [-0.3, -0.25) is 4.79 Å². The second-order valence-corrected chi connectivity index (χ2v) is 7.59. The van der Waals surface area contributed by atoms with E-state index in [4.69, 9.17) is 5.73 Å². The number of sulfonamides is 1. The molecule has 0 spiro atoms. The third-order valence-corrected chi connectivity index (χ3v) is 5.39. The fraction of sp³-hybridized carbons (Fsp3) is 0.923. The van der Waals surface area contributed by atoms with Crippen LogP contribution in [0.4, 0.5) is 0 Å². The average Bonchev–Trinajstić information content (AvgIpc) is 2.34. The Kier molecular flexibility index (Phi) is 6.91. The van der Waals surface area contributed by atoms with Gasteiger partial charge in [-0.25, -0.2) is 13.1 Å². The maximum Gasteiger partial charge on any atom is 0.237 e. The Balaban J connectivity index is 2.22. The minimum Gasteiger partial charge on any atom is -0.354 e. The van der Waals surface area contributed by atoms with Crippen LogP contribution in [-0.2, 0) is 14.8 Å². The van der Waals surface area contributed by atoms with Crippen LogP contribution in [0.2, 0.25) is 0 Å². The van der Waals surface area contributed by atoms with Gasteiger partial charge in [0.1, 0.15) is 0 Å². The quantitative estimate of drug-likeness (QED) is 0.566. The fourth-order valence-corrected chi connectivity index (χ4v) is 2.96. The summed E-state index contributed by atoms with van der Waals surface area (Å²) in [6.07, 6.45) is 4.21. The molecule has 20 heavy (non-hydrogen) atoms. The van der Waals surface area contributed by atoms with Gasteiger partial charge in [-0.15, -0.1) is 0 Å². The molecular weight excluding hydrogens is 278 g/mol. The van der Waals surface area contributed by atoms with Gasteiger partial charge in [0.2, 0.25) is 15.9 Å². The third kappa shape index (κ3) is 5.76. The zero-order chi connectivity index (χ0) is 15.2. The Morgan fingerprint density at radius 3 is 2.55 bits per heavy atom. The highest BCUT2D eigenvalue weighted by atomic mass is 32.2. The molecule has 2 unspecified atom stereocenters. The Labute approximate surface area is 121 Å². The average molecular weight is 305 g/mol. The fourth-order valence-electron chi connectivity index (χ4n) is 1.95. The van der Waals surface area contributed by atoms with Crippen molar-refractivity contribution in [2.75, 3.05) is 18.8 Å². The lowest BCUT2D eigenvalue weighted by molar-refractivity contribution is -0.123. The second-order valence-electron chi connectivity index (χ2n) is 5.67. The molecule has 0 radical (unpaired) electrons. The Morgan fingerprint density at radius 2 is 2.05 bits per heavy atom. The maximum absolute atomic E-state index is 11.7. The van der Waals surface area contributed by atoms with Crippen molar-refractivity contribution in [1.82, 2.24) is 10.0 Å². The van der Waals surface area contributed by atoms with E-state index in [1.165, 1.54) is 6.42 Å². The summed E-state index contributed by atoms with van der Waals surface area (Å²) in [4.78, 5) is 11.7. The normalized spacial score (nSPS) is 19.1. The number of carbonyl (C=O) groups is 1. The summed E-state index contributed by atoms with van der Waals surface area (Å²) in [5, 5.41) is 2.59. The van der Waals surface area contributed by atoms with E-state index in [-0.39, 0.29) is 24.1 Å². The molecule has 0 heterocycles. The number of hydrogen-bond acceptors (Lipinski definition) is 4. The first kappa shape index (κ1) is 17.4. The predicted octanol–water partition coefficient (Wildman–Crippen LogP) is 0.196. The lowest BCUT2D eigenvalue weighted by atomic mass is 9.86. The maximum atomic E-state index is 11.7. The molecule has 7 heteroatoms. The van der Waals surface area contributed by atoms with Gasteiger partial charge in [0.15, 0.2) is 0 Å². The smallest absolute Gasteiger partial charge is 0.237 e. The molecule has 6 nitrogen and oxygen atoms in total. The van der Waals surface area contributed by atoms with Crippen LogP contribution in [0.5, 0.6) is 0 Å². The van der Waals surface area contributed by atoms with Gasteiger partial charge in [0.25, 0.3) is 0 Å². The van der Waals surface area contributed by atoms with Crippen molar-refractivity contribution in [3.63, 3.8) is 0 Å². The molecule has 0 bridgehead atoms. The van der Waals surface area contributed by atoms with E-state index in [1.54, 1.807) is 0 Å². The molecule has 1 fully saturated rings. The zero-order valence-electron chi connectivity index (χ0n) is 12.4. The van der Waals surface area contributed by atoms with E-state index in [9.17, 15) is 13.2 Å². The number of hydrogen-bond donors (Lipinski definition) is 3. The highest BCUT2D eigenvalue weighted by Gasteiger charge is 2.21. The topological polar surface area (TPSA) is 101 Å². The van der Waals surface area contributed by atoms with Crippen molar-refractivity contribution < 1.29 is 13.2 Å². The lowest BCUT2D eigenvalue weighted by Gasteiger charge is -2.25. The number of amides is 1. The standard InChI is InChI=1S/C13H27N3O3S/c1-3-10(2)12(14)13(17)15-7-8-20(18,19)16-9-11-5-4-6-11/h10-12,16H,3-9,14H2,1-2H3,(H,15,17). The summed E-state index contributed by atoms with van der Waals surface area (Å²) in [6, 6.07) is -0.578. The van der Waals surface area contributed by atoms with Crippen LogP contribution in [0.25, 0.3) is 0 Å². The van der Waals surface area contributed by atoms with Gasteiger partial charge < -0.3 is 11.1 Å². The van der Waals surface area contributed by atoms with Crippen LogP contribution in [0.1, 0.15) is 39.5 Å². The lowest BCUT2D eigenvalue weighted by Crippen LogP contribution is -2.46. The molecule has 1 aliphatic rings. The van der Waals surface area contributed by atoms with Gasteiger partial charge in [-0.05, 0) is 24.7 Å². The molecule has 118 valence electrons. The molecule has 0 saturated heterocycles. The minimum atomic E-state index is -3.31. The van der Waals surface area contributed by atoms with Crippen LogP contribution in [0.3, 0.4) is 0 Å². The number of nitrogens with two attached hydrogens (primary N) is 1. The van der Waals surface area contributed by atoms with E-state index in [1.807, 2.05) is 13.8 Å². The van der Waals surface area contributed by atoms with Crippen LogP contribution in [0, 0.1) is 11.8 Å². The predicted molar refractivity (Wildman–Crippen MR) is 79.6 cm³/mol. The Hall–Kier alpha value is -0.660. The van der Waals surface area contributed by atoms with Crippen molar-refractivity contribution in [1.29, 1.82) is 0 Å². The molecule has 0 aromatic heterocycles. The monoisotopic (exact) mass is 305 g/mol. The van der Waals surface area contributed by atoms with E-state index in [2.05, 4.69) is 10.0 Å². The molecule has 1 saturated carbocycles. The van der Waals surface area contributed by atoms with Gasteiger partial charge in [0.05, 0.1) is 11.8 Å². The first-order chi connectivity index (χ1) is 9.35. The van der Waals surface area contributed by atoms with Crippen molar-refractivity contribution in [2.45, 2.75) is 45.6 Å². The summed E-state index contributed by atoms with van der Waals surface area (Å²) >= 11 is 0. The van der Waals surface area contributed by atoms with E-state index >= 15 is 0 Å². The molecule has 1 rings (SSSR count). The van der Waals surface area contributed by atoms with E-state index < -0.39 is 16.1 Å². The number of nitrogens with one attached hydrogen (secondary N) is 2. The first-order valence-corrected chi connectivity index (χ1v) is 9.01. The highest BCUT2D eigenvalue weighted by molar-refractivity contribution is 7.89. The van der Waals surface area contributed by atoms with Gasteiger partial charge >= 0.3 is 0 Å². The van der Waals surface area contributed by atoms with Gasteiger partial charge in [-0.2, -0.15) is 0 Å². The van der Waals surface area contributed by atoms with Crippen molar-refractivity contribution in [3.8, 4) is 0 Å². The first-order valence-electron chi connectivity index (χ1n) is 7.36. The van der Waals surface area contributed by atoms with Crippen molar-refractivity contribution in [2.24, 2.45) is 17.6 Å². The minimum absolute atomic E-state index is 0.0864. The SMILES string of the molecule is CCC(C)C(N)C(=O)NCCS(=O)(=O)NCC1CCC1.